The molecule has 0 N–H and O–H groups in total. The van der Waals surface area contributed by atoms with Gasteiger partial charge in [0, 0.05) is 5.92 Å². The smallest absolute Gasteiger partial charge is 0.0589 e. The average Bonchev–Trinajstić information content (AvgIpc) is 1.89. The Labute approximate surface area is 66.0 Å². The highest BCUT2D eigenvalue weighted by Crippen LogP contribution is 2.18. The Hall–Kier alpha value is 0.120. The van der Waals surface area contributed by atoms with Gasteiger partial charge in [0.1, 0.15) is 0 Å². The highest BCUT2D eigenvalue weighted by molar-refractivity contribution is 7.80. The van der Waals surface area contributed by atoms with E-state index in [-0.39, 0.29) is 5.38 Å². The zero-order valence-corrected chi connectivity index (χ0v) is 6.65. The molecule has 0 saturated carbocycles. The van der Waals surface area contributed by atoms with Gasteiger partial charge in [-0.2, -0.15) is 12.6 Å². The number of halogens is 1. The van der Waals surface area contributed by atoms with E-state index in [0.29, 0.717) is 5.92 Å². The Balaban J connectivity index is 2.55. The van der Waals surface area contributed by atoms with Crippen LogP contribution in [0.5, 0.6) is 0 Å². The molecule has 0 aromatic carbocycles. The first-order valence-corrected chi connectivity index (χ1v) is 4.01. The van der Waals surface area contributed by atoms with Gasteiger partial charge in [-0.3, -0.25) is 0 Å². The first-order chi connectivity index (χ1) is 4.34. The molecule has 0 fully saturated rings. The summed E-state index contributed by atoms with van der Waals surface area (Å²) in [6.45, 7) is 0. The van der Waals surface area contributed by atoms with Crippen molar-refractivity contribution in [2.45, 2.75) is 5.38 Å². The molecule has 50 valence electrons. The van der Waals surface area contributed by atoms with Crippen molar-refractivity contribution in [2.75, 3.05) is 5.75 Å². The van der Waals surface area contributed by atoms with Crippen molar-refractivity contribution in [1.29, 1.82) is 0 Å². The number of thiol groups is 1. The minimum Gasteiger partial charge on any atom is -0.179 e. The summed E-state index contributed by atoms with van der Waals surface area (Å²) in [5.41, 5.74) is 0. The van der Waals surface area contributed by atoms with Crippen LogP contribution in [0.4, 0.5) is 0 Å². The molecule has 0 saturated heterocycles. The third-order valence-electron chi connectivity index (χ3n) is 1.38. The second-order valence-corrected chi connectivity index (χ2v) is 2.93. The summed E-state index contributed by atoms with van der Waals surface area (Å²) >= 11 is 10.0. The van der Waals surface area contributed by atoms with E-state index >= 15 is 0 Å². The normalized spacial score (nSPS) is 33.1. The van der Waals surface area contributed by atoms with Crippen molar-refractivity contribution in [2.24, 2.45) is 5.92 Å². The molecule has 0 aromatic heterocycles. The average molecular weight is 161 g/mol. The van der Waals surface area contributed by atoms with Gasteiger partial charge in [-0.1, -0.05) is 24.3 Å². The molecule has 1 aliphatic carbocycles. The third-order valence-corrected chi connectivity index (χ3v) is 2.27. The van der Waals surface area contributed by atoms with Gasteiger partial charge in [0.25, 0.3) is 0 Å². The fraction of sp³-hybridized carbons (Fsp3) is 0.429. The second kappa shape index (κ2) is 3.33. The van der Waals surface area contributed by atoms with Crippen LogP contribution in [-0.4, -0.2) is 11.1 Å². The van der Waals surface area contributed by atoms with Crippen LogP contribution in [0.2, 0.25) is 0 Å². The summed E-state index contributed by atoms with van der Waals surface area (Å²) < 4.78 is 0. The van der Waals surface area contributed by atoms with Crippen LogP contribution in [0.3, 0.4) is 0 Å². The highest BCUT2D eigenvalue weighted by atomic mass is 35.5. The number of hydrogen-bond donors (Lipinski definition) is 1. The van der Waals surface area contributed by atoms with Crippen molar-refractivity contribution < 1.29 is 0 Å². The zero-order valence-electron chi connectivity index (χ0n) is 5.00. The highest BCUT2D eigenvalue weighted by Gasteiger charge is 2.12. The van der Waals surface area contributed by atoms with Crippen molar-refractivity contribution in [3.05, 3.63) is 24.3 Å². The monoisotopic (exact) mass is 160 g/mol. The largest absolute Gasteiger partial charge is 0.179 e. The van der Waals surface area contributed by atoms with Crippen LogP contribution < -0.4 is 0 Å². The van der Waals surface area contributed by atoms with E-state index in [4.69, 9.17) is 11.6 Å². The van der Waals surface area contributed by atoms with Crippen LogP contribution in [0.1, 0.15) is 0 Å². The maximum Gasteiger partial charge on any atom is 0.0589 e. The molecular weight excluding hydrogens is 152 g/mol. The van der Waals surface area contributed by atoms with E-state index in [1.165, 1.54) is 0 Å². The van der Waals surface area contributed by atoms with Crippen LogP contribution in [-0.2, 0) is 0 Å². The SMILES string of the molecule is SCC1C=CC=CC1Cl. The van der Waals surface area contributed by atoms with E-state index in [9.17, 15) is 0 Å². The maximum absolute atomic E-state index is 5.90. The van der Waals surface area contributed by atoms with Crippen LogP contribution in [0.15, 0.2) is 24.3 Å². The minimum absolute atomic E-state index is 0.146. The minimum atomic E-state index is 0.146. The molecule has 0 bridgehead atoms. The standard InChI is InChI=1S/C7H9ClS/c8-7-4-2-1-3-6(7)5-9/h1-4,6-7,9H,5H2. The topological polar surface area (TPSA) is 0 Å². The van der Waals surface area contributed by atoms with Crippen LogP contribution in [0, 0.1) is 5.92 Å². The fourth-order valence-corrected chi connectivity index (χ4v) is 1.52. The van der Waals surface area contributed by atoms with Gasteiger partial charge in [-0.15, -0.1) is 11.6 Å². The predicted molar refractivity (Wildman–Crippen MR) is 45.3 cm³/mol. The lowest BCUT2D eigenvalue weighted by atomic mass is 10.0. The summed E-state index contributed by atoms with van der Waals surface area (Å²) in [6, 6.07) is 0. The van der Waals surface area contributed by atoms with Crippen LogP contribution >= 0.6 is 24.2 Å². The molecule has 0 radical (unpaired) electrons. The number of rotatable bonds is 1. The quantitative estimate of drug-likeness (QED) is 0.442. The Morgan fingerprint density at radius 2 is 2.00 bits per heavy atom. The van der Waals surface area contributed by atoms with E-state index < -0.39 is 0 Å². The van der Waals surface area contributed by atoms with Crippen LogP contribution in [0.25, 0.3) is 0 Å². The molecule has 1 aliphatic rings. The summed E-state index contributed by atoms with van der Waals surface area (Å²) in [5.74, 6) is 1.25. The van der Waals surface area contributed by atoms with Crippen molar-refractivity contribution >= 4 is 24.2 Å². The van der Waals surface area contributed by atoms with Gasteiger partial charge in [-0.05, 0) is 5.75 Å². The number of hydrogen-bond acceptors (Lipinski definition) is 1. The first-order valence-electron chi connectivity index (χ1n) is 2.94. The van der Waals surface area contributed by atoms with E-state index in [2.05, 4.69) is 18.7 Å². The molecule has 0 spiro atoms. The van der Waals surface area contributed by atoms with Gasteiger partial charge in [0.2, 0.25) is 0 Å². The summed E-state index contributed by atoms with van der Waals surface area (Å²) in [4.78, 5) is 0. The van der Waals surface area contributed by atoms with Gasteiger partial charge in [0.05, 0.1) is 5.38 Å². The molecule has 9 heavy (non-hydrogen) atoms. The molecule has 2 unspecified atom stereocenters. The second-order valence-electron chi connectivity index (χ2n) is 2.06. The Morgan fingerprint density at radius 3 is 2.44 bits per heavy atom. The lowest BCUT2D eigenvalue weighted by molar-refractivity contribution is 0.760. The van der Waals surface area contributed by atoms with Gasteiger partial charge < -0.3 is 0 Å². The number of allylic oxidation sites excluding steroid dienone is 4. The van der Waals surface area contributed by atoms with Crippen molar-refractivity contribution in [3.8, 4) is 0 Å². The summed E-state index contributed by atoms with van der Waals surface area (Å²) in [6.07, 6.45) is 8.06. The molecule has 0 aromatic rings. The molecule has 2 heteroatoms. The van der Waals surface area contributed by atoms with Gasteiger partial charge in [0.15, 0.2) is 0 Å². The molecule has 0 amide bonds. The lowest BCUT2D eigenvalue weighted by Crippen LogP contribution is -2.13. The van der Waals surface area contributed by atoms with Crippen molar-refractivity contribution in [1.82, 2.24) is 0 Å². The molecule has 0 heterocycles. The first kappa shape index (κ1) is 7.23. The van der Waals surface area contributed by atoms with Gasteiger partial charge >= 0.3 is 0 Å². The Bertz CT molecular complexity index is 140. The van der Waals surface area contributed by atoms with E-state index in [0.717, 1.165) is 5.75 Å². The summed E-state index contributed by atoms with van der Waals surface area (Å²) in [5, 5.41) is 0.146. The van der Waals surface area contributed by atoms with Crippen molar-refractivity contribution in [3.63, 3.8) is 0 Å². The van der Waals surface area contributed by atoms with Gasteiger partial charge in [-0.25, -0.2) is 0 Å². The zero-order chi connectivity index (χ0) is 6.69. The molecule has 0 aliphatic heterocycles. The van der Waals surface area contributed by atoms with E-state index in [1.807, 2.05) is 18.2 Å². The van der Waals surface area contributed by atoms with E-state index in [1.54, 1.807) is 0 Å². The Morgan fingerprint density at radius 1 is 1.33 bits per heavy atom. The Kier molecular flexibility index (Phi) is 2.67. The predicted octanol–water partition coefficient (Wildman–Crippen LogP) is 2.27. The molecule has 0 nitrogen and oxygen atoms in total. The molecule has 1 rings (SSSR count). The molecular formula is C7H9ClS. The summed E-state index contributed by atoms with van der Waals surface area (Å²) in [7, 11) is 0. The molecule has 2 atom stereocenters. The fourth-order valence-electron chi connectivity index (χ4n) is 0.788. The lowest BCUT2D eigenvalue weighted by Gasteiger charge is -2.14. The third kappa shape index (κ3) is 1.77. The maximum atomic E-state index is 5.90. The number of alkyl halides is 1.